The van der Waals surface area contributed by atoms with Crippen molar-refractivity contribution in [3.05, 3.63) is 57.1 Å². The van der Waals surface area contributed by atoms with Crippen molar-refractivity contribution in [1.82, 2.24) is 4.98 Å². The molecule has 0 radical (unpaired) electrons. The lowest BCUT2D eigenvalue weighted by atomic mass is 10.1. The lowest BCUT2D eigenvalue weighted by Gasteiger charge is -2.08. The van der Waals surface area contributed by atoms with E-state index in [0.29, 0.717) is 10.7 Å². The summed E-state index contributed by atoms with van der Waals surface area (Å²) in [5, 5.41) is 1.58. The SMILES string of the molecule is Nc1cc(-c2ccccc2)nc2c(I)cc(Cl)cc12. The van der Waals surface area contributed by atoms with Gasteiger partial charge in [-0.2, -0.15) is 0 Å². The molecule has 0 bridgehead atoms. The summed E-state index contributed by atoms with van der Waals surface area (Å²) < 4.78 is 1.00. The van der Waals surface area contributed by atoms with Gasteiger partial charge in [0.25, 0.3) is 0 Å². The third-order valence-corrected chi connectivity index (χ3v) is 3.97. The number of nitrogen functional groups attached to an aromatic ring is 1. The van der Waals surface area contributed by atoms with Crippen molar-refractivity contribution in [3.8, 4) is 11.3 Å². The van der Waals surface area contributed by atoms with Crippen LogP contribution in [0.4, 0.5) is 5.69 Å². The Morgan fingerprint density at radius 2 is 1.79 bits per heavy atom. The number of hydrogen-bond donors (Lipinski definition) is 1. The molecule has 2 aromatic carbocycles. The molecule has 1 aromatic heterocycles. The monoisotopic (exact) mass is 380 g/mol. The van der Waals surface area contributed by atoms with Gasteiger partial charge in [0.2, 0.25) is 0 Å². The van der Waals surface area contributed by atoms with Crippen LogP contribution in [0.3, 0.4) is 0 Å². The minimum Gasteiger partial charge on any atom is -0.398 e. The highest BCUT2D eigenvalue weighted by atomic mass is 127. The molecule has 1 heterocycles. The Labute approximate surface area is 129 Å². The maximum Gasteiger partial charge on any atom is 0.0864 e. The van der Waals surface area contributed by atoms with E-state index in [1.54, 1.807) is 0 Å². The van der Waals surface area contributed by atoms with Gasteiger partial charge in [-0.25, -0.2) is 4.98 Å². The summed E-state index contributed by atoms with van der Waals surface area (Å²) in [5.74, 6) is 0. The van der Waals surface area contributed by atoms with Crippen molar-refractivity contribution in [2.24, 2.45) is 0 Å². The van der Waals surface area contributed by atoms with Crippen molar-refractivity contribution < 1.29 is 0 Å². The van der Waals surface area contributed by atoms with Crippen LogP contribution in [-0.2, 0) is 0 Å². The van der Waals surface area contributed by atoms with E-state index in [0.717, 1.165) is 25.7 Å². The summed E-state index contributed by atoms with van der Waals surface area (Å²) in [6.45, 7) is 0. The fourth-order valence-corrected chi connectivity index (χ4v) is 3.18. The summed E-state index contributed by atoms with van der Waals surface area (Å²) in [6.07, 6.45) is 0. The second-order valence-electron chi connectivity index (χ2n) is 4.25. The van der Waals surface area contributed by atoms with E-state index >= 15 is 0 Å². The van der Waals surface area contributed by atoms with Gasteiger partial charge < -0.3 is 5.73 Å². The lowest BCUT2D eigenvalue weighted by molar-refractivity contribution is 1.39. The Kier molecular flexibility index (Phi) is 3.33. The van der Waals surface area contributed by atoms with Gasteiger partial charge >= 0.3 is 0 Å². The van der Waals surface area contributed by atoms with Crippen LogP contribution < -0.4 is 5.73 Å². The number of fused-ring (bicyclic) bond motifs is 1. The van der Waals surface area contributed by atoms with Crippen molar-refractivity contribution in [3.63, 3.8) is 0 Å². The fourth-order valence-electron chi connectivity index (χ4n) is 2.03. The van der Waals surface area contributed by atoms with E-state index in [1.807, 2.05) is 48.5 Å². The fraction of sp³-hybridized carbons (Fsp3) is 0. The summed E-state index contributed by atoms with van der Waals surface area (Å²) in [6, 6.07) is 15.7. The van der Waals surface area contributed by atoms with Gasteiger partial charge in [0.1, 0.15) is 0 Å². The smallest absolute Gasteiger partial charge is 0.0864 e. The third-order valence-electron chi connectivity index (χ3n) is 2.93. The first-order valence-electron chi connectivity index (χ1n) is 5.76. The van der Waals surface area contributed by atoms with Gasteiger partial charge in [-0.3, -0.25) is 0 Å². The van der Waals surface area contributed by atoms with Crippen molar-refractivity contribution in [1.29, 1.82) is 0 Å². The van der Waals surface area contributed by atoms with Gasteiger partial charge in [0.15, 0.2) is 0 Å². The van der Waals surface area contributed by atoms with Crippen LogP contribution in [0.15, 0.2) is 48.5 Å². The number of hydrogen-bond acceptors (Lipinski definition) is 2. The van der Waals surface area contributed by atoms with Crippen LogP contribution in [-0.4, -0.2) is 4.98 Å². The van der Waals surface area contributed by atoms with Gasteiger partial charge in [-0.1, -0.05) is 41.9 Å². The number of rotatable bonds is 1. The Bertz CT molecular complexity index is 757. The van der Waals surface area contributed by atoms with Crippen molar-refractivity contribution in [2.45, 2.75) is 0 Å². The number of halogens is 2. The predicted molar refractivity (Wildman–Crippen MR) is 89.3 cm³/mol. The highest BCUT2D eigenvalue weighted by molar-refractivity contribution is 14.1. The molecule has 0 spiro atoms. The topological polar surface area (TPSA) is 38.9 Å². The maximum atomic E-state index is 6.13. The first-order valence-corrected chi connectivity index (χ1v) is 7.21. The third kappa shape index (κ3) is 2.40. The zero-order valence-corrected chi connectivity index (χ0v) is 12.8. The summed E-state index contributed by atoms with van der Waals surface area (Å²) in [4.78, 5) is 4.70. The quantitative estimate of drug-likeness (QED) is 0.619. The molecule has 19 heavy (non-hydrogen) atoms. The molecule has 3 aromatic rings. The second-order valence-corrected chi connectivity index (χ2v) is 5.85. The van der Waals surface area contributed by atoms with Crippen molar-refractivity contribution >= 4 is 50.8 Å². The second kappa shape index (κ2) is 4.98. The molecule has 3 rings (SSSR count). The maximum absolute atomic E-state index is 6.13. The summed E-state index contributed by atoms with van der Waals surface area (Å²) >= 11 is 8.30. The molecule has 2 N–H and O–H groups in total. The molecule has 0 saturated heterocycles. The molecule has 0 fully saturated rings. The Hall–Kier alpha value is -1.33. The molecule has 94 valence electrons. The van der Waals surface area contributed by atoms with Gasteiger partial charge in [-0.15, -0.1) is 0 Å². The van der Waals surface area contributed by atoms with Crippen LogP contribution in [0, 0.1) is 3.57 Å². The molecule has 0 saturated carbocycles. The number of nitrogens with zero attached hydrogens (tertiary/aromatic N) is 1. The minimum atomic E-state index is 0.679. The van der Waals surface area contributed by atoms with Crippen LogP contribution in [0.25, 0.3) is 22.2 Å². The summed E-state index contributed by atoms with van der Waals surface area (Å²) in [7, 11) is 0. The molecule has 0 aliphatic heterocycles. The number of anilines is 1. The predicted octanol–water partition coefficient (Wildman–Crippen LogP) is 4.74. The van der Waals surface area contributed by atoms with Gasteiger partial charge in [0.05, 0.1) is 11.2 Å². The van der Waals surface area contributed by atoms with Crippen LogP contribution >= 0.6 is 34.2 Å². The molecule has 0 aliphatic rings. The Balaban J connectivity index is 2.31. The molecule has 0 atom stereocenters. The van der Waals surface area contributed by atoms with E-state index in [1.165, 1.54) is 0 Å². The van der Waals surface area contributed by atoms with E-state index in [-0.39, 0.29) is 0 Å². The number of benzene rings is 2. The van der Waals surface area contributed by atoms with Crippen molar-refractivity contribution in [2.75, 3.05) is 5.73 Å². The minimum absolute atomic E-state index is 0.679. The highest BCUT2D eigenvalue weighted by Crippen LogP contribution is 2.31. The molecule has 0 amide bonds. The first-order chi connectivity index (χ1) is 9.15. The zero-order valence-electron chi connectivity index (χ0n) is 9.90. The van der Waals surface area contributed by atoms with E-state index in [4.69, 9.17) is 22.3 Å². The molecular weight excluding hydrogens is 371 g/mol. The highest BCUT2D eigenvalue weighted by Gasteiger charge is 2.09. The first kappa shape index (κ1) is 12.7. The molecular formula is C15H10ClIN2. The van der Waals surface area contributed by atoms with Gasteiger partial charge in [0, 0.05) is 25.2 Å². The largest absolute Gasteiger partial charge is 0.398 e. The average molecular weight is 381 g/mol. The Morgan fingerprint density at radius 1 is 1.05 bits per heavy atom. The molecule has 0 unspecified atom stereocenters. The molecule has 4 heteroatoms. The standard InChI is InChI=1S/C15H10ClIN2/c16-10-6-11-13(18)8-14(9-4-2-1-3-5-9)19-15(11)12(17)7-10/h1-8H,(H2,18,19). The van der Waals surface area contributed by atoms with Crippen LogP contribution in [0.2, 0.25) is 5.02 Å². The average Bonchev–Trinajstić information content (AvgIpc) is 2.41. The summed E-state index contributed by atoms with van der Waals surface area (Å²) in [5.41, 5.74) is 9.66. The van der Waals surface area contributed by atoms with E-state index in [9.17, 15) is 0 Å². The molecule has 0 aliphatic carbocycles. The van der Waals surface area contributed by atoms with Crippen LogP contribution in [0.1, 0.15) is 0 Å². The number of nitrogens with two attached hydrogens (primary N) is 1. The normalized spacial score (nSPS) is 10.8. The molecule has 2 nitrogen and oxygen atoms in total. The lowest BCUT2D eigenvalue weighted by Crippen LogP contribution is -1.94. The van der Waals surface area contributed by atoms with Crippen LogP contribution in [0.5, 0.6) is 0 Å². The number of aromatic nitrogens is 1. The van der Waals surface area contributed by atoms with E-state index in [2.05, 4.69) is 22.6 Å². The Morgan fingerprint density at radius 3 is 2.53 bits per heavy atom. The zero-order chi connectivity index (χ0) is 13.4. The van der Waals surface area contributed by atoms with Gasteiger partial charge in [-0.05, 0) is 40.8 Å². The van der Waals surface area contributed by atoms with E-state index < -0.39 is 0 Å². The number of pyridine rings is 1.